The van der Waals surface area contributed by atoms with Gasteiger partial charge in [-0.05, 0) is 38.9 Å². The van der Waals surface area contributed by atoms with Gasteiger partial charge in [0.15, 0.2) is 5.75 Å². The standard InChI is InChI=1S/C22H25N3O/c26-22-20(18-10-3-1-4-11-18)23-25(17-9-16-24-14-7-8-15-24)21(22)19-12-5-2-6-13-19/h1-6,10-13,26H,7-9,14-17H2. The molecular weight excluding hydrogens is 322 g/mol. The lowest BCUT2D eigenvalue weighted by atomic mass is 10.1. The first-order valence-corrected chi connectivity index (χ1v) is 9.46. The Morgan fingerprint density at radius 1 is 0.808 bits per heavy atom. The van der Waals surface area contributed by atoms with Gasteiger partial charge in [-0.2, -0.15) is 5.10 Å². The van der Waals surface area contributed by atoms with Gasteiger partial charge in [0.1, 0.15) is 11.4 Å². The molecule has 3 aromatic rings. The van der Waals surface area contributed by atoms with Crippen LogP contribution in [0.5, 0.6) is 5.75 Å². The first-order valence-electron chi connectivity index (χ1n) is 9.46. The third-order valence-corrected chi connectivity index (χ3v) is 5.06. The van der Waals surface area contributed by atoms with Gasteiger partial charge in [-0.1, -0.05) is 60.7 Å². The van der Waals surface area contributed by atoms with Gasteiger partial charge in [0.25, 0.3) is 0 Å². The lowest BCUT2D eigenvalue weighted by Gasteiger charge is -2.14. The van der Waals surface area contributed by atoms with Crippen LogP contribution in [0.1, 0.15) is 19.3 Å². The SMILES string of the molecule is Oc1c(-c2ccccc2)nn(CCCN2CCCC2)c1-c1ccccc1. The van der Waals surface area contributed by atoms with Crippen molar-refractivity contribution in [3.8, 4) is 28.3 Å². The van der Waals surface area contributed by atoms with Crippen LogP contribution in [0.3, 0.4) is 0 Å². The Balaban J connectivity index is 1.64. The molecule has 0 bridgehead atoms. The van der Waals surface area contributed by atoms with Gasteiger partial charge in [-0.15, -0.1) is 0 Å². The summed E-state index contributed by atoms with van der Waals surface area (Å²) in [5.74, 6) is 0.267. The summed E-state index contributed by atoms with van der Waals surface area (Å²) < 4.78 is 1.98. The van der Waals surface area contributed by atoms with Crippen LogP contribution in [0.2, 0.25) is 0 Å². The van der Waals surface area contributed by atoms with Gasteiger partial charge < -0.3 is 10.0 Å². The molecule has 1 aliphatic rings. The third kappa shape index (κ3) is 3.51. The fourth-order valence-electron chi connectivity index (χ4n) is 3.74. The van der Waals surface area contributed by atoms with E-state index in [2.05, 4.69) is 4.90 Å². The van der Waals surface area contributed by atoms with Crippen LogP contribution in [0.25, 0.3) is 22.5 Å². The largest absolute Gasteiger partial charge is 0.504 e. The zero-order valence-corrected chi connectivity index (χ0v) is 15.0. The van der Waals surface area contributed by atoms with Gasteiger partial charge in [0.05, 0.1) is 0 Å². The normalized spacial score (nSPS) is 14.8. The molecule has 0 saturated carbocycles. The van der Waals surface area contributed by atoms with Crippen molar-refractivity contribution in [2.75, 3.05) is 19.6 Å². The average Bonchev–Trinajstić information content (AvgIpc) is 3.31. The molecule has 4 heteroatoms. The predicted octanol–water partition coefficient (Wildman–Crippen LogP) is 4.41. The number of hydrogen-bond acceptors (Lipinski definition) is 3. The molecule has 0 spiro atoms. The second-order valence-electron chi connectivity index (χ2n) is 6.90. The van der Waals surface area contributed by atoms with Crippen LogP contribution in [-0.4, -0.2) is 39.4 Å². The van der Waals surface area contributed by atoms with E-state index in [0.717, 1.165) is 36.3 Å². The van der Waals surface area contributed by atoms with Crippen molar-refractivity contribution in [3.63, 3.8) is 0 Å². The second kappa shape index (κ2) is 7.75. The maximum absolute atomic E-state index is 10.9. The molecule has 134 valence electrons. The fourth-order valence-corrected chi connectivity index (χ4v) is 3.74. The highest BCUT2D eigenvalue weighted by atomic mass is 16.3. The molecule has 2 aromatic carbocycles. The zero-order chi connectivity index (χ0) is 17.8. The molecule has 1 saturated heterocycles. The molecule has 0 amide bonds. The Bertz CT molecular complexity index is 837. The number of aryl methyl sites for hydroxylation is 1. The van der Waals surface area contributed by atoms with Crippen molar-refractivity contribution in [3.05, 3.63) is 60.7 Å². The lowest BCUT2D eigenvalue weighted by Crippen LogP contribution is -2.21. The summed E-state index contributed by atoms with van der Waals surface area (Å²) in [5.41, 5.74) is 3.41. The Labute approximate surface area is 154 Å². The van der Waals surface area contributed by atoms with Crippen LogP contribution in [0.4, 0.5) is 0 Å². The highest BCUT2D eigenvalue weighted by molar-refractivity contribution is 5.77. The Morgan fingerprint density at radius 3 is 2.08 bits per heavy atom. The average molecular weight is 347 g/mol. The maximum atomic E-state index is 10.9. The highest BCUT2D eigenvalue weighted by Crippen LogP contribution is 2.37. The minimum absolute atomic E-state index is 0.267. The number of likely N-dealkylation sites (tertiary alicyclic amines) is 1. The van der Waals surface area contributed by atoms with E-state index in [1.807, 2.05) is 65.3 Å². The highest BCUT2D eigenvalue weighted by Gasteiger charge is 2.20. The van der Waals surface area contributed by atoms with E-state index in [4.69, 9.17) is 5.10 Å². The van der Waals surface area contributed by atoms with E-state index >= 15 is 0 Å². The molecule has 0 radical (unpaired) electrons. The first kappa shape index (κ1) is 16.9. The van der Waals surface area contributed by atoms with Crippen molar-refractivity contribution in [2.45, 2.75) is 25.8 Å². The Hall–Kier alpha value is -2.59. The van der Waals surface area contributed by atoms with Crippen molar-refractivity contribution in [1.29, 1.82) is 0 Å². The van der Waals surface area contributed by atoms with Gasteiger partial charge in [0.2, 0.25) is 0 Å². The molecule has 1 aromatic heterocycles. The number of benzene rings is 2. The minimum atomic E-state index is 0.267. The summed E-state index contributed by atoms with van der Waals surface area (Å²) in [4.78, 5) is 2.52. The molecular formula is C22H25N3O. The number of nitrogens with zero attached hydrogens (tertiary/aromatic N) is 3. The van der Waals surface area contributed by atoms with Crippen molar-refractivity contribution in [2.24, 2.45) is 0 Å². The first-order chi connectivity index (χ1) is 12.8. The molecule has 4 nitrogen and oxygen atoms in total. The van der Waals surface area contributed by atoms with Gasteiger partial charge in [0, 0.05) is 17.7 Å². The monoisotopic (exact) mass is 347 g/mol. The Morgan fingerprint density at radius 2 is 1.42 bits per heavy atom. The topological polar surface area (TPSA) is 41.3 Å². The van der Waals surface area contributed by atoms with Crippen molar-refractivity contribution < 1.29 is 5.11 Å². The van der Waals surface area contributed by atoms with Crippen LogP contribution in [0, 0.1) is 0 Å². The number of aromatic nitrogens is 2. The summed E-state index contributed by atoms with van der Waals surface area (Å²) in [5, 5.41) is 15.7. The summed E-state index contributed by atoms with van der Waals surface area (Å²) in [7, 11) is 0. The Kier molecular flexibility index (Phi) is 5.02. The fraction of sp³-hybridized carbons (Fsp3) is 0.318. The number of aromatic hydroxyl groups is 1. The summed E-state index contributed by atoms with van der Waals surface area (Å²) >= 11 is 0. The van der Waals surface area contributed by atoms with E-state index in [9.17, 15) is 5.11 Å². The van der Waals surface area contributed by atoms with Crippen LogP contribution < -0.4 is 0 Å². The molecule has 26 heavy (non-hydrogen) atoms. The van der Waals surface area contributed by atoms with Gasteiger partial charge in [-0.3, -0.25) is 4.68 Å². The molecule has 4 rings (SSSR count). The van der Waals surface area contributed by atoms with Crippen molar-refractivity contribution in [1.82, 2.24) is 14.7 Å². The second-order valence-corrected chi connectivity index (χ2v) is 6.90. The minimum Gasteiger partial charge on any atom is -0.504 e. The van der Waals surface area contributed by atoms with Crippen LogP contribution in [0.15, 0.2) is 60.7 Å². The molecule has 0 atom stereocenters. The number of hydrogen-bond donors (Lipinski definition) is 1. The molecule has 1 N–H and O–H groups in total. The molecule has 0 unspecified atom stereocenters. The van der Waals surface area contributed by atoms with Crippen LogP contribution in [-0.2, 0) is 6.54 Å². The summed E-state index contributed by atoms with van der Waals surface area (Å²) in [6.45, 7) is 4.33. The van der Waals surface area contributed by atoms with Crippen LogP contribution >= 0.6 is 0 Å². The quantitative estimate of drug-likeness (QED) is 0.718. The van der Waals surface area contributed by atoms with E-state index in [-0.39, 0.29) is 5.75 Å². The molecule has 1 fully saturated rings. The smallest absolute Gasteiger partial charge is 0.169 e. The zero-order valence-electron chi connectivity index (χ0n) is 15.0. The van der Waals surface area contributed by atoms with E-state index in [1.165, 1.54) is 25.9 Å². The molecule has 0 aliphatic carbocycles. The van der Waals surface area contributed by atoms with Gasteiger partial charge >= 0.3 is 0 Å². The van der Waals surface area contributed by atoms with Crippen molar-refractivity contribution >= 4 is 0 Å². The molecule has 2 heterocycles. The van der Waals surface area contributed by atoms with E-state index in [0.29, 0.717) is 5.69 Å². The van der Waals surface area contributed by atoms with E-state index < -0.39 is 0 Å². The maximum Gasteiger partial charge on any atom is 0.169 e. The third-order valence-electron chi connectivity index (χ3n) is 5.06. The lowest BCUT2D eigenvalue weighted by molar-refractivity contribution is 0.322. The predicted molar refractivity (Wildman–Crippen MR) is 105 cm³/mol. The van der Waals surface area contributed by atoms with E-state index in [1.54, 1.807) is 0 Å². The van der Waals surface area contributed by atoms with Gasteiger partial charge in [-0.25, -0.2) is 0 Å². The summed E-state index contributed by atoms with van der Waals surface area (Å²) in [6, 6.07) is 20.0. The summed E-state index contributed by atoms with van der Waals surface area (Å²) in [6.07, 6.45) is 3.67. The molecule has 1 aliphatic heterocycles. The number of rotatable bonds is 6.